The van der Waals surface area contributed by atoms with Crippen molar-refractivity contribution in [3.63, 3.8) is 0 Å². The Bertz CT molecular complexity index is 403. The van der Waals surface area contributed by atoms with Gasteiger partial charge in [-0.25, -0.2) is 0 Å². The first-order chi connectivity index (χ1) is 8.76. The highest BCUT2D eigenvalue weighted by Crippen LogP contribution is 2.19. The average Bonchev–Trinajstić information content (AvgIpc) is 2.41. The standard InChI is InChI=1S/C15H23N2O.HI/c1-14-3-2-4-15(13-14)18-12-11-17-8-5-16(6-9-17)7-10-17;/h2-4,13H,5-12H2,1H3;1H/q+1;/p-1. The Morgan fingerprint density at radius 1 is 1.16 bits per heavy atom. The summed E-state index contributed by atoms with van der Waals surface area (Å²) in [7, 11) is 0. The SMILES string of the molecule is Cc1cccc(OCC[N+]23CCN(CC2)CC3)c1.[I-]. The maximum atomic E-state index is 5.90. The predicted molar refractivity (Wildman–Crippen MR) is 72.8 cm³/mol. The molecule has 3 heterocycles. The van der Waals surface area contributed by atoms with Crippen molar-refractivity contribution in [2.75, 3.05) is 52.4 Å². The molecule has 0 atom stereocenters. The summed E-state index contributed by atoms with van der Waals surface area (Å²) in [6.07, 6.45) is 0. The maximum Gasteiger partial charge on any atom is 0.137 e. The molecule has 1 aromatic carbocycles. The quantitative estimate of drug-likeness (QED) is 0.471. The number of benzene rings is 1. The highest BCUT2D eigenvalue weighted by Gasteiger charge is 2.37. The van der Waals surface area contributed by atoms with Crippen LogP contribution >= 0.6 is 0 Å². The Morgan fingerprint density at radius 2 is 1.84 bits per heavy atom. The molecule has 3 fully saturated rings. The molecule has 0 N–H and O–H groups in total. The molecule has 2 bridgehead atoms. The molecule has 0 amide bonds. The second-order valence-electron chi connectivity index (χ2n) is 5.74. The van der Waals surface area contributed by atoms with Gasteiger partial charge in [0.05, 0.1) is 19.6 Å². The van der Waals surface area contributed by atoms with E-state index in [0.717, 1.165) is 12.4 Å². The maximum absolute atomic E-state index is 5.90. The van der Waals surface area contributed by atoms with Crippen LogP contribution in [-0.4, -0.2) is 61.8 Å². The van der Waals surface area contributed by atoms with E-state index >= 15 is 0 Å². The molecule has 3 aliphatic rings. The van der Waals surface area contributed by atoms with Crippen molar-refractivity contribution in [2.45, 2.75) is 6.92 Å². The molecule has 1 aromatic rings. The van der Waals surface area contributed by atoms with Crippen molar-refractivity contribution in [3.8, 4) is 5.75 Å². The van der Waals surface area contributed by atoms with Crippen LogP contribution in [0.2, 0.25) is 0 Å². The van der Waals surface area contributed by atoms with E-state index in [9.17, 15) is 0 Å². The number of ether oxygens (including phenoxy) is 1. The third-order valence-electron chi connectivity index (χ3n) is 4.50. The topological polar surface area (TPSA) is 12.5 Å². The summed E-state index contributed by atoms with van der Waals surface area (Å²) in [5, 5.41) is 0. The lowest BCUT2D eigenvalue weighted by atomic mass is 10.1. The van der Waals surface area contributed by atoms with Gasteiger partial charge in [-0.1, -0.05) is 12.1 Å². The summed E-state index contributed by atoms with van der Waals surface area (Å²) < 4.78 is 7.18. The smallest absolute Gasteiger partial charge is 0.137 e. The Kier molecular flexibility index (Phi) is 5.09. The van der Waals surface area contributed by atoms with Gasteiger partial charge >= 0.3 is 0 Å². The number of fused-ring (bicyclic) bond motifs is 3. The lowest BCUT2D eigenvalue weighted by Gasteiger charge is -2.50. The van der Waals surface area contributed by atoms with Crippen molar-refractivity contribution in [3.05, 3.63) is 29.8 Å². The van der Waals surface area contributed by atoms with E-state index in [-0.39, 0.29) is 24.0 Å². The Morgan fingerprint density at radius 3 is 2.47 bits per heavy atom. The van der Waals surface area contributed by atoms with Gasteiger partial charge in [0.15, 0.2) is 0 Å². The Hall–Kier alpha value is -0.330. The number of piperazine rings is 3. The van der Waals surface area contributed by atoms with Crippen molar-refractivity contribution >= 4 is 0 Å². The number of rotatable bonds is 4. The Labute approximate surface area is 133 Å². The van der Waals surface area contributed by atoms with E-state index in [1.807, 2.05) is 0 Å². The number of halogens is 1. The van der Waals surface area contributed by atoms with Crippen LogP contribution in [0.25, 0.3) is 0 Å². The first-order valence-electron chi connectivity index (χ1n) is 7.03. The van der Waals surface area contributed by atoms with E-state index < -0.39 is 0 Å². The molecule has 0 saturated carbocycles. The molecule has 4 heteroatoms. The molecule has 3 nitrogen and oxygen atoms in total. The monoisotopic (exact) mass is 374 g/mol. The highest BCUT2D eigenvalue weighted by atomic mass is 127. The van der Waals surface area contributed by atoms with Crippen molar-refractivity contribution in [1.29, 1.82) is 0 Å². The molecular formula is C15H23IN2O. The van der Waals surface area contributed by atoms with Gasteiger partial charge in [0.25, 0.3) is 0 Å². The second kappa shape index (κ2) is 6.41. The van der Waals surface area contributed by atoms with Crippen LogP contribution < -0.4 is 28.7 Å². The largest absolute Gasteiger partial charge is 1.00 e. The summed E-state index contributed by atoms with van der Waals surface area (Å²) in [5.41, 5.74) is 1.27. The van der Waals surface area contributed by atoms with Gasteiger partial charge < -0.3 is 33.2 Å². The minimum Gasteiger partial charge on any atom is -1.00 e. The fourth-order valence-electron chi connectivity index (χ4n) is 3.13. The molecule has 3 saturated heterocycles. The number of hydrogen-bond donors (Lipinski definition) is 0. The molecule has 106 valence electrons. The molecule has 4 rings (SSSR count). The molecule has 0 unspecified atom stereocenters. The van der Waals surface area contributed by atoms with Gasteiger partial charge in [-0.2, -0.15) is 0 Å². The van der Waals surface area contributed by atoms with Crippen LogP contribution in [0, 0.1) is 6.92 Å². The van der Waals surface area contributed by atoms with Crippen LogP contribution in [0.15, 0.2) is 24.3 Å². The molecular weight excluding hydrogens is 351 g/mol. The minimum atomic E-state index is 0. The molecule has 0 aromatic heterocycles. The summed E-state index contributed by atoms with van der Waals surface area (Å²) >= 11 is 0. The predicted octanol–water partition coefficient (Wildman–Crippen LogP) is -1.48. The fourth-order valence-corrected chi connectivity index (χ4v) is 3.13. The van der Waals surface area contributed by atoms with Gasteiger partial charge in [0, 0.05) is 19.6 Å². The number of hydrogen-bond acceptors (Lipinski definition) is 2. The van der Waals surface area contributed by atoms with Crippen molar-refractivity contribution < 1.29 is 33.2 Å². The number of quaternary nitrogens is 1. The van der Waals surface area contributed by atoms with E-state index in [4.69, 9.17) is 4.74 Å². The van der Waals surface area contributed by atoms with Gasteiger partial charge in [-0.05, 0) is 24.6 Å². The lowest BCUT2D eigenvalue weighted by Crippen LogP contribution is -3.00. The van der Waals surface area contributed by atoms with E-state index in [0.29, 0.717) is 0 Å². The van der Waals surface area contributed by atoms with E-state index in [1.165, 1.54) is 55.9 Å². The van der Waals surface area contributed by atoms with E-state index in [1.54, 1.807) is 0 Å². The first-order valence-corrected chi connectivity index (χ1v) is 7.03. The van der Waals surface area contributed by atoms with Gasteiger partial charge in [-0.15, -0.1) is 0 Å². The van der Waals surface area contributed by atoms with Crippen molar-refractivity contribution in [2.24, 2.45) is 0 Å². The molecule has 0 spiro atoms. The van der Waals surface area contributed by atoms with E-state index in [2.05, 4.69) is 36.1 Å². The van der Waals surface area contributed by atoms with Crippen LogP contribution in [0.1, 0.15) is 5.56 Å². The van der Waals surface area contributed by atoms with Crippen LogP contribution in [0.4, 0.5) is 0 Å². The third-order valence-corrected chi connectivity index (χ3v) is 4.50. The first kappa shape index (κ1) is 15.1. The molecule has 19 heavy (non-hydrogen) atoms. The molecule has 3 aliphatic heterocycles. The zero-order chi connectivity index (χ0) is 12.4. The van der Waals surface area contributed by atoms with Crippen LogP contribution in [0.5, 0.6) is 5.75 Å². The lowest BCUT2D eigenvalue weighted by molar-refractivity contribution is -0.940. The summed E-state index contributed by atoms with van der Waals surface area (Å²) in [6, 6.07) is 8.35. The third kappa shape index (κ3) is 3.61. The van der Waals surface area contributed by atoms with Gasteiger partial charge in [0.2, 0.25) is 0 Å². The van der Waals surface area contributed by atoms with Crippen LogP contribution in [-0.2, 0) is 0 Å². The zero-order valence-electron chi connectivity index (χ0n) is 11.6. The zero-order valence-corrected chi connectivity index (χ0v) is 13.8. The fraction of sp³-hybridized carbons (Fsp3) is 0.600. The normalized spacial score (nSPS) is 28.8. The van der Waals surface area contributed by atoms with Crippen LogP contribution in [0.3, 0.4) is 0 Å². The molecule has 0 radical (unpaired) electrons. The van der Waals surface area contributed by atoms with Crippen molar-refractivity contribution in [1.82, 2.24) is 4.90 Å². The average molecular weight is 374 g/mol. The molecule has 0 aliphatic carbocycles. The van der Waals surface area contributed by atoms with Gasteiger partial charge in [-0.3, -0.25) is 4.90 Å². The second-order valence-corrected chi connectivity index (χ2v) is 5.74. The van der Waals surface area contributed by atoms with Gasteiger partial charge in [0.1, 0.15) is 18.9 Å². The highest BCUT2D eigenvalue weighted by molar-refractivity contribution is 5.27. The minimum absolute atomic E-state index is 0. The summed E-state index contributed by atoms with van der Waals surface area (Å²) in [5.74, 6) is 1.02. The Balaban J connectivity index is 0.00000133. The number of nitrogens with zero attached hydrogens (tertiary/aromatic N) is 2. The summed E-state index contributed by atoms with van der Waals surface area (Å²) in [6.45, 7) is 11.9. The summed E-state index contributed by atoms with van der Waals surface area (Å²) in [4.78, 5) is 2.58. The number of aryl methyl sites for hydroxylation is 1.